The zero-order chi connectivity index (χ0) is 13.1. The topological polar surface area (TPSA) is 26.0 Å². The predicted octanol–water partition coefficient (Wildman–Crippen LogP) is 4.66. The van der Waals surface area contributed by atoms with Crippen LogP contribution >= 0.6 is 23.4 Å². The lowest BCUT2D eigenvalue weighted by atomic mass is 10.1. The molecular formula is C14H13ClFNS. The average molecular weight is 282 g/mol. The van der Waals surface area contributed by atoms with Gasteiger partial charge in [0.15, 0.2) is 0 Å². The first-order chi connectivity index (χ1) is 8.56. The van der Waals surface area contributed by atoms with E-state index in [1.807, 2.05) is 13.0 Å². The molecule has 0 radical (unpaired) electrons. The molecule has 0 saturated carbocycles. The first-order valence-electron chi connectivity index (χ1n) is 5.49. The van der Waals surface area contributed by atoms with Gasteiger partial charge in [0.25, 0.3) is 0 Å². The fourth-order valence-corrected chi connectivity index (χ4v) is 2.95. The number of hydrogen-bond acceptors (Lipinski definition) is 2. The van der Waals surface area contributed by atoms with Gasteiger partial charge in [-0.2, -0.15) is 0 Å². The van der Waals surface area contributed by atoms with Gasteiger partial charge < -0.3 is 5.73 Å². The molecule has 4 heteroatoms. The molecule has 18 heavy (non-hydrogen) atoms. The van der Waals surface area contributed by atoms with Crippen LogP contribution in [-0.2, 0) is 5.75 Å². The molecule has 2 aromatic rings. The average Bonchev–Trinajstić information content (AvgIpc) is 2.32. The van der Waals surface area contributed by atoms with Crippen LogP contribution < -0.4 is 5.73 Å². The van der Waals surface area contributed by atoms with E-state index in [2.05, 4.69) is 0 Å². The Labute approximate surface area is 115 Å². The van der Waals surface area contributed by atoms with Crippen molar-refractivity contribution in [2.75, 3.05) is 5.73 Å². The number of hydrogen-bond donors (Lipinski definition) is 1. The van der Waals surface area contributed by atoms with Gasteiger partial charge in [-0.3, -0.25) is 0 Å². The third-order valence-corrected chi connectivity index (χ3v) is 4.19. The van der Waals surface area contributed by atoms with Crippen LogP contribution in [0.2, 0.25) is 5.02 Å². The van der Waals surface area contributed by atoms with E-state index in [0.29, 0.717) is 10.7 Å². The molecule has 0 aromatic heterocycles. The molecule has 2 aromatic carbocycles. The molecule has 0 atom stereocenters. The van der Waals surface area contributed by atoms with Crippen molar-refractivity contribution in [3.63, 3.8) is 0 Å². The predicted molar refractivity (Wildman–Crippen MR) is 76.6 cm³/mol. The second-order valence-electron chi connectivity index (χ2n) is 4.05. The van der Waals surface area contributed by atoms with Crippen molar-refractivity contribution in [1.29, 1.82) is 0 Å². The van der Waals surface area contributed by atoms with Crippen LogP contribution in [0.3, 0.4) is 0 Å². The normalized spacial score (nSPS) is 10.6. The molecule has 0 amide bonds. The van der Waals surface area contributed by atoms with E-state index in [-0.39, 0.29) is 5.82 Å². The molecule has 0 bridgehead atoms. The molecule has 0 unspecified atom stereocenters. The summed E-state index contributed by atoms with van der Waals surface area (Å²) in [7, 11) is 0. The lowest BCUT2D eigenvalue weighted by Crippen LogP contribution is -1.89. The minimum Gasteiger partial charge on any atom is -0.399 e. The highest BCUT2D eigenvalue weighted by molar-refractivity contribution is 7.98. The Hall–Kier alpha value is -1.19. The van der Waals surface area contributed by atoms with E-state index >= 15 is 0 Å². The minimum atomic E-state index is -0.205. The van der Waals surface area contributed by atoms with Crippen LogP contribution in [0.4, 0.5) is 10.1 Å². The van der Waals surface area contributed by atoms with Gasteiger partial charge in [0.05, 0.1) is 5.02 Å². The van der Waals surface area contributed by atoms with Gasteiger partial charge in [-0.1, -0.05) is 17.7 Å². The summed E-state index contributed by atoms with van der Waals surface area (Å²) in [6.45, 7) is 1.90. The van der Waals surface area contributed by atoms with Gasteiger partial charge in [0.1, 0.15) is 5.82 Å². The highest BCUT2D eigenvalue weighted by Gasteiger charge is 2.05. The Kier molecular flexibility index (Phi) is 4.15. The first kappa shape index (κ1) is 13.2. The Morgan fingerprint density at radius 3 is 2.72 bits per heavy atom. The summed E-state index contributed by atoms with van der Waals surface area (Å²) in [5, 5.41) is 0.689. The number of benzene rings is 2. The highest BCUT2D eigenvalue weighted by atomic mass is 35.5. The molecule has 0 aliphatic carbocycles. The highest BCUT2D eigenvalue weighted by Crippen LogP contribution is 2.32. The fourth-order valence-electron chi connectivity index (χ4n) is 1.61. The summed E-state index contributed by atoms with van der Waals surface area (Å²) >= 11 is 7.69. The van der Waals surface area contributed by atoms with Gasteiger partial charge in [-0.25, -0.2) is 4.39 Å². The lowest BCUT2D eigenvalue weighted by Gasteiger charge is -2.08. The smallest absolute Gasteiger partial charge is 0.123 e. The maximum atomic E-state index is 13.0. The number of nitrogens with two attached hydrogens (primary N) is 1. The monoisotopic (exact) mass is 281 g/mol. The molecule has 0 saturated heterocycles. The number of halogens is 2. The fraction of sp³-hybridized carbons (Fsp3) is 0.143. The van der Waals surface area contributed by atoms with Crippen LogP contribution in [0.25, 0.3) is 0 Å². The number of thioether (sulfide) groups is 1. The SMILES string of the molecule is Cc1cc(F)ccc1CSc1cc(N)ccc1Cl. The second kappa shape index (κ2) is 5.63. The van der Waals surface area contributed by atoms with Crippen LogP contribution in [-0.4, -0.2) is 0 Å². The molecule has 0 aliphatic heterocycles. The standard InChI is InChI=1S/C14H13ClFNS/c1-9-6-11(16)3-2-10(9)8-18-14-7-12(17)4-5-13(14)15/h2-7H,8,17H2,1H3. The summed E-state index contributed by atoms with van der Waals surface area (Å²) in [5.74, 6) is 0.540. The third-order valence-electron chi connectivity index (χ3n) is 2.64. The Morgan fingerprint density at radius 2 is 2.00 bits per heavy atom. The molecular weight excluding hydrogens is 269 g/mol. The summed E-state index contributed by atoms with van der Waals surface area (Å²) in [5.41, 5.74) is 8.46. The number of rotatable bonds is 3. The molecule has 0 heterocycles. The zero-order valence-electron chi connectivity index (χ0n) is 9.91. The number of nitrogen functional groups attached to an aromatic ring is 1. The van der Waals surface area contributed by atoms with Crippen molar-refractivity contribution in [1.82, 2.24) is 0 Å². The largest absolute Gasteiger partial charge is 0.399 e. The van der Waals surface area contributed by atoms with Gasteiger partial charge in [-0.15, -0.1) is 11.8 Å². The molecule has 1 nitrogen and oxygen atoms in total. The van der Waals surface area contributed by atoms with Crippen LogP contribution in [0.1, 0.15) is 11.1 Å². The number of aryl methyl sites for hydroxylation is 1. The van der Waals surface area contributed by atoms with Crippen molar-refractivity contribution in [3.8, 4) is 0 Å². The molecule has 2 N–H and O–H groups in total. The van der Waals surface area contributed by atoms with E-state index < -0.39 is 0 Å². The summed E-state index contributed by atoms with van der Waals surface area (Å²) in [6.07, 6.45) is 0. The van der Waals surface area contributed by atoms with E-state index in [9.17, 15) is 4.39 Å². The van der Waals surface area contributed by atoms with Gasteiger partial charge in [0.2, 0.25) is 0 Å². The zero-order valence-corrected chi connectivity index (χ0v) is 11.5. The Bertz CT molecular complexity index is 572. The van der Waals surface area contributed by atoms with Crippen LogP contribution in [0.5, 0.6) is 0 Å². The van der Waals surface area contributed by atoms with E-state index in [4.69, 9.17) is 17.3 Å². The molecule has 2 rings (SSSR count). The van der Waals surface area contributed by atoms with Crippen molar-refractivity contribution in [2.45, 2.75) is 17.6 Å². The maximum Gasteiger partial charge on any atom is 0.123 e. The summed E-state index contributed by atoms with van der Waals surface area (Å²) < 4.78 is 13.0. The van der Waals surface area contributed by atoms with Gasteiger partial charge in [-0.05, 0) is 48.4 Å². The Morgan fingerprint density at radius 1 is 1.22 bits per heavy atom. The van der Waals surface area contributed by atoms with Crippen molar-refractivity contribution in [2.24, 2.45) is 0 Å². The van der Waals surface area contributed by atoms with E-state index in [1.54, 1.807) is 30.0 Å². The second-order valence-corrected chi connectivity index (χ2v) is 5.47. The van der Waals surface area contributed by atoms with Crippen molar-refractivity contribution < 1.29 is 4.39 Å². The first-order valence-corrected chi connectivity index (χ1v) is 6.85. The van der Waals surface area contributed by atoms with Gasteiger partial charge >= 0.3 is 0 Å². The van der Waals surface area contributed by atoms with Gasteiger partial charge in [0, 0.05) is 16.3 Å². The van der Waals surface area contributed by atoms with Crippen molar-refractivity contribution >= 4 is 29.1 Å². The number of anilines is 1. The Balaban J connectivity index is 2.13. The maximum absolute atomic E-state index is 13.0. The molecule has 0 fully saturated rings. The van der Waals surface area contributed by atoms with Crippen molar-refractivity contribution in [3.05, 3.63) is 58.4 Å². The molecule has 94 valence electrons. The van der Waals surface area contributed by atoms with Crippen LogP contribution in [0.15, 0.2) is 41.3 Å². The van der Waals surface area contributed by atoms with Crippen LogP contribution in [0, 0.1) is 12.7 Å². The molecule has 0 aliphatic rings. The quantitative estimate of drug-likeness (QED) is 0.654. The lowest BCUT2D eigenvalue weighted by molar-refractivity contribution is 0.626. The molecule has 0 spiro atoms. The van der Waals surface area contributed by atoms with E-state index in [1.165, 1.54) is 12.1 Å². The van der Waals surface area contributed by atoms with E-state index in [0.717, 1.165) is 21.8 Å². The third kappa shape index (κ3) is 3.18. The summed E-state index contributed by atoms with van der Waals surface area (Å²) in [6, 6.07) is 10.2. The summed E-state index contributed by atoms with van der Waals surface area (Å²) in [4.78, 5) is 0.945. The minimum absolute atomic E-state index is 0.205.